The molecule has 0 spiro atoms. The van der Waals surface area contributed by atoms with Crippen LogP contribution in [-0.4, -0.2) is 6.54 Å². The van der Waals surface area contributed by atoms with E-state index in [-0.39, 0.29) is 12.4 Å². The fraction of sp³-hybridized carbons (Fsp3) is 0.600. The predicted molar refractivity (Wildman–Crippen MR) is 60.9 cm³/mol. The largest absolute Gasteiger partial charge is 0.309 e. The van der Waals surface area contributed by atoms with Gasteiger partial charge in [-0.05, 0) is 38.4 Å². The first-order valence-corrected chi connectivity index (χ1v) is 5.47. The highest BCUT2D eigenvalue weighted by Gasteiger charge is 2.15. The Kier molecular flexibility index (Phi) is 4.23. The van der Waals surface area contributed by atoms with Gasteiger partial charge in [0, 0.05) is 15.8 Å². The molecule has 0 bridgehead atoms. The van der Waals surface area contributed by atoms with Gasteiger partial charge in [-0.3, -0.25) is 0 Å². The number of thiophene rings is 1. The fourth-order valence-electron chi connectivity index (χ4n) is 1.74. The van der Waals surface area contributed by atoms with E-state index in [4.69, 9.17) is 0 Å². The summed E-state index contributed by atoms with van der Waals surface area (Å²) >= 11 is 1.93. The van der Waals surface area contributed by atoms with E-state index in [1.807, 2.05) is 11.3 Å². The Morgan fingerprint density at radius 2 is 2.23 bits per heavy atom. The Labute approximate surface area is 90.0 Å². The van der Waals surface area contributed by atoms with E-state index in [9.17, 15) is 0 Å². The molecule has 3 heteroatoms. The fourth-order valence-corrected chi connectivity index (χ4v) is 2.72. The molecule has 0 saturated carbocycles. The van der Waals surface area contributed by atoms with Crippen LogP contribution in [0.25, 0.3) is 0 Å². The molecule has 74 valence electrons. The highest BCUT2D eigenvalue weighted by molar-refractivity contribution is 7.12. The highest BCUT2D eigenvalue weighted by Crippen LogP contribution is 2.28. The van der Waals surface area contributed by atoms with Crippen LogP contribution in [0.5, 0.6) is 0 Å². The van der Waals surface area contributed by atoms with Gasteiger partial charge in [-0.2, -0.15) is 0 Å². The minimum absolute atomic E-state index is 0. The zero-order chi connectivity index (χ0) is 8.39. The van der Waals surface area contributed by atoms with Crippen LogP contribution in [0.15, 0.2) is 12.1 Å². The SMILES string of the molecule is Cc1ccc([C@@H]2CCCCN2)s1.Cl. The van der Waals surface area contributed by atoms with Crippen molar-refractivity contribution in [3.63, 3.8) is 0 Å². The molecule has 1 fully saturated rings. The first kappa shape index (κ1) is 11.0. The minimum atomic E-state index is 0. The number of rotatable bonds is 1. The van der Waals surface area contributed by atoms with Crippen LogP contribution in [0.4, 0.5) is 0 Å². The van der Waals surface area contributed by atoms with Crippen molar-refractivity contribution in [2.45, 2.75) is 32.2 Å². The van der Waals surface area contributed by atoms with Gasteiger partial charge in [0.05, 0.1) is 0 Å². The molecule has 2 heterocycles. The van der Waals surface area contributed by atoms with Gasteiger partial charge in [-0.25, -0.2) is 0 Å². The highest BCUT2D eigenvalue weighted by atomic mass is 35.5. The minimum Gasteiger partial charge on any atom is -0.309 e. The topological polar surface area (TPSA) is 12.0 Å². The van der Waals surface area contributed by atoms with Gasteiger partial charge in [-0.1, -0.05) is 6.42 Å². The van der Waals surface area contributed by atoms with E-state index in [0.717, 1.165) is 0 Å². The molecule has 13 heavy (non-hydrogen) atoms. The van der Waals surface area contributed by atoms with Crippen LogP contribution in [-0.2, 0) is 0 Å². The average molecular weight is 218 g/mol. The van der Waals surface area contributed by atoms with Gasteiger partial charge in [0.2, 0.25) is 0 Å². The van der Waals surface area contributed by atoms with Crippen molar-refractivity contribution in [2.24, 2.45) is 0 Å². The monoisotopic (exact) mass is 217 g/mol. The van der Waals surface area contributed by atoms with Crippen LogP contribution in [0.2, 0.25) is 0 Å². The van der Waals surface area contributed by atoms with E-state index < -0.39 is 0 Å². The molecule has 0 amide bonds. The van der Waals surface area contributed by atoms with Crippen LogP contribution in [0.3, 0.4) is 0 Å². The van der Waals surface area contributed by atoms with E-state index >= 15 is 0 Å². The first-order chi connectivity index (χ1) is 5.86. The van der Waals surface area contributed by atoms with Crippen molar-refractivity contribution < 1.29 is 0 Å². The summed E-state index contributed by atoms with van der Waals surface area (Å²) in [6.07, 6.45) is 4.05. The summed E-state index contributed by atoms with van der Waals surface area (Å²) in [5.74, 6) is 0. The summed E-state index contributed by atoms with van der Waals surface area (Å²) in [5.41, 5.74) is 0. The molecule has 1 N–H and O–H groups in total. The molecule has 1 saturated heterocycles. The van der Waals surface area contributed by atoms with Crippen molar-refractivity contribution in [3.05, 3.63) is 21.9 Å². The maximum Gasteiger partial charge on any atom is 0.0414 e. The van der Waals surface area contributed by atoms with Crippen LogP contribution in [0.1, 0.15) is 35.1 Å². The maximum absolute atomic E-state index is 3.56. The van der Waals surface area contributed by atoms with E-state index in [2.05, 4.69) is 24.4 Å². The third-order valence-corrected chi connectivity index (χ3v) is 3.53. The van der Waals surface area contributed by atoms with E-state index in [1.165, 1.54) is 35.6 Å². The summed E-state index contributed by atoms with van der Waals surface area (Å²) in [5, 5.41) is 3.56. The Hall–Kier alpha value is -0.0500. The van der Waals surface area contributed by atoms with Crippen molar-refractivity contribution in [2.75, 3.05) is 6.54 Å². The number of nitrogens with one attached hydrogen (secondary N) is 1. The predicted octanol–water partition coefficient (Wildman–Crippen LogP) is 3.29. The second-order valence-corrected chi connectivity index (χ2v) is 4.77. The van der Waals surface area contributed by atoms with Gasteiger partial charge >= 0.3 is 0 Å². The molecule has 1 aliphatic heterocycles. The summed E-state index contributed by atoms with van der Waals surface area (Å²) in [6.45, 7) is 3.37. The molecule has 1 atom stereocenters. The molecular weight excluding hydrogens is 202 g/mol. The Morgan fingerprint density at radius 1 is 1.38 bits per heavy atom. The van der Waals surface area contributed by atoms with Gasteiger partial charge < -0.3 is 5.32 Å². The van der Waals surface area contributed by atoms with Crippen LogP contribution < -0.4 is 5.32 Å². The Balaban J connectivity index is 0.000000845. The molecule has 0 unspecified atom stereocenters. The molecule has 1 nitrogen and oxygen atoms in total. The summed E-state index contributed by atoms with van der Waals surface area (Å²) in [7, 11) is 0. The average Bonchev–Trinajstić information content (AvgIpc) is 2.54. The molecule has 0 aliphatic carbocycles. The van der Waals surface area contributed by atoms with Gasteiger partial charge in [-0.15, -0.1) is 23.7 Å². The standard InChI is InChI=1S/C10H15NS.ClH/c1-8-5-6-10(12-8)9-4-2-3-7-11-9;/h5-6,9,11H,2-4,7H2,1H3;1H/t9-;/m0./s1. The van der Waals surface area contributed by atoms with Crippen molar-refractivity contribution in [3.8, 4) is 0 Å². The third kappa shape index (κ3) is 2.70. The Bertz CT molecular complexity index is 253. The second kappa shape index (κ2) is 4.99. The second-order valence-electron chi connectivity index (χ2n) is 3.45. The van der Waals surface area contributed by atoms with Crippen molar-refractivity contribution >= 4 is 23.7 Å². The smallest absolute Gasteiger partial charge is 0.0414 e. The van der Waals surface area contributed by atoms with E-state index in [1.54, 1.807) is 0 Å². The molecule has 0 aromatic carbocycles. The molecule has 2 rings (SSSR count). The summed E-state index contributed by atoms with van der Waals surface area (Å²) < 4.78 is 0. The van der Waals surface area contributed by atoms with Gasteiger partial charge in [0.25, 0.3) is 0 Å². The van der Waals surface area contributed by atoms with Crippen LogP contribution in [0, 0.1) is 6.92 Å². The summed E-state index contributed by atoms with van der Waals surface area (Å²) in [4.78, 5) is 2.95. The number of aryl methyl sites for hydroxylation is 1. The lowest BCUT2D eigenvalue weighted by atomic mass is 10.0. The zero-order valence-corrected chi connectivity index (χ0v) is 9.51. The Morgan fingerprint density at radius 3 is 2.77 bits per heavy atom. The lowest BCUT2D eigenvalue weighted by Crippen LogP contribution is -2.25. The van der Waals surface area contributed by atoms with E-state index in [0.29, 0.717) is 6.04 Å². The van der Waals surface area contributed by atoms with Crippen molar-refractivity contribution in [1.29, 1.82) is 0 Å². The lowest BCUT2D eigenvalue weighted by molar-refractivity contribution is 0.417. The number of hydrogen-bond acceptors (Lipinski definition) is 2. The van der Waals surface area contributed by atoms with Gasteiger partial charge in [0.15, 0.2) is 0 Å². The third-order valence-electron chi connectivity index (χ3n) is 2.41. The number of hydrogen-bond donors (Lipinski definition) is 1. The number of piperidine rings is 1. The number of halogens is 1. The molecule has 1 aliphatic rings. The molecular formula is C10H16ClNS. The maximum atomic E-state index is 3.56. The molecule has 1 aromatic rings. The molecule has 1 aromatic heterocycles. The molecule has 0 radical (unpaired) electrons. The lowest BCUT2D eigenvalue weighted by Gasteiger charge is -2.22. The van der Waals surface area contributed by atoms with Gasteiger partial charge in [0.1, 0.15) is 0 Å². The summed E-state index contributed by atoms with van der Waals surface area (Å²) in [6, 6.07) is 5.14. The first-order valence-electron chi connectivity index (χ1n) is 4.66. The zero-order valence-electron chi connectivity index (χ0n) is 7.88. The van der Waals surface area contributed by atoms with Crippen molar-refractivity contribution in [1.82, 2.24) is 5.32 Å². The van der Waals surface area contributed by atoms with Crippen LogP contribution >= 0.6 is 23.7 Å². The normalized spacial score (nSPS) is 22.4. The quantitative estimate of drug-likeness (QED) is 0.761.